The van der Waals surface area contributed by atoms with E-state index < -0.39 is 5.97 Å². The summed E-state index contributed by atoms with van der Waals surface area (Å²) in [6, 6.07) is 14.2. The van der Waals surface area contributed by atoms with Crippen LogP contribution in [0.25, 0.3) is 22.0 Å². The molecule has 6 rings (SSSR count). The molecule has 0 saturated heterocycles. The van der Waals surface area contributed by atoms with Crippen LogP contribution < -0.4 is 9.64 Å². The zero-order chi connectivity index (χ0) is 33.0. The summed E-state index contributed by atoms with van der Waals surface area (Å²) in [5, 5.41) is 16.4. The van der Waals surface area contributed by atoms with Crippen molar-refractivity contribution in [1.29, 1.82) is 0 Å². The second-order valence-electron chi connectivity index (χ2n) is 12.1. The highest BCUT2D eigenvalue weighted by atomic mass is 35.5. The Labute approximate surface area is 278 Å². The Morgan fingerprint density at radius 3 is 2.30 bits per heavy atom. The normalized spacial score (nSPS) is 14.7. The zero-order valence-electron chi connectivity index (χ0n) is 26.7. The number of nitrogens with zero attached hydrogens (tertiary/aromatic N) is 4. The summed E-state index contributed by atoms with van der Waals surface area (Å²) in [5.74, 6) is -0.386. The van der Waals surface area contributed by atoms with Crippen molar-refractivity contribution in [2.45, 2.75) is 53.5 Å². The SMILES string of the molecule is Cc1cc(OCCCc2c3n(c4c(-c5c(C)nn(C)c5C)c(Cl)ccc24)[C@H](C)CN(c2ccc(C(=O)O)cc2)C3=O)cc(C)c1Cl. The largest absolute Gasteiger partial charge is 0.494 e. The molecule has 1 N–H and O–H groups in total. The van der Waals surface area contributed by atoms with Gasteiger partial charge >= 0.3 is 5.97 Å². The summed E-state index contributed by atoms with van der Waals surface area (Å²) in [5.41, 5.74) is 8.90. The minimum atomic E-state index is -1.01. The first-order valence-electron chi connectivity index (χ1n) is 15.3. The summed E-state index contributed by atoms with van der Waals surface area (Å²) in [6.45, 7) is 10.9. The van der Waals surface area contributed by atoms with Gasteiger partial charge in [-0.2, -0.15) is 5.10 Å². The number of aromatic carboxylic acids is 1. The van der Waals surface area contributed by atoms with Gasteiger partial charge in [0, 0.05) is 52.6 Å². The molecule has 1 atom stereocenters. The monoisotopic (exact) mass is 658 g/mol. The number of amides is 1. The van der Waals surface area contributed by atoms with Crippen molar-refractivity contribution in [2.24, 2.45) is 7.05 Å². The summed E-state index contributed by atoms with van der Waals surface area (Å²) in [4.78, 5) is 27.7. The van der Waals surface area contributed by atoms with Crippen LogP contribution in [0.15, 0.2) is 48.5 Å². The fourth-order valence-electron chi connectivity index (χ4n) is 6.74. The Kier molecular flexibility index (Phi) is 8.38. The van der Waals surface area contributed by atoms with Gasteiger partial charge in [-0.1, -0.05) is 29.3 Å². The van der Waals surface area contributed by atoms with E-state index in [-0.39, 0.29) is 17.5 Å². The molecule has 1 amide bonds. The van der Waals surface area contributed by atoms with Gasteiger partial charge in [0.05, 0.1) is 28.4 Å². The van der Waals surface area contributed by atoms with Crippen LogP contribution in [-0.4, -0.2) is 44.5 Å². The minimum Gasteiger partial charge on any atom is -0.494 e. The number of aryl methyl sites for hydroxylation is 5. The van der Waals surface area contributed by atoms with Gasteiger partial charge in [-0.25, -0.2) is 4.79 Å². The number of rotatable bonds is 8. The predicted molar refractivity (Wildman–Crippen MR) is 183 cm³/mol. The number of halogens is 2. The predicted octanol–water partition coefficient (Wildman–Crippen LogP) is 8.51. The number of aromatic nitrogens is 3. The van der Waals surface area contributed by atoms with Crippen molar-refractivity contribution in [3.8, 4) is 16.9 Å². The summed E-state index contributed by atoms with van der Waals surface area (Å²) < 4.78 is 10.2. The first-order valence-corrected chi connectivity index (χ1v) is 16.0. The van der Waals surface area contributed by atoms with Crippen molar-refractivity contribution in [3.63, 3.8) is 0 Å². The van der Waals surface area contributed by atoms with Gasteiger partial charge in [0.2, 0.25) is 0 Å². The van der Waals surface area contributed by atoms with Gasteiger partial charge in [-0.15, -0.1) is 0 Å². The molecule has 10 heteroatoms. The molecule has 1 aliphatic rings. The van der Waals surface area contributed by atoms with E-state index in [1.54, 1.807) is 17.0 Å². The van der Waals surface area contributed by atoms with Crippen LogP contribution in [0.4, 0.5) is 5.69 Å². The Morgan fingerprint density at radius 2 is 1.70 bits per heavy atom. The third kappa shape index (κ3) is 5.33. The third-order valence-electron chi connectivity index (χ3n) is 8.99. The fraction of sp³-hybridized carbons (Fsp3) is 0.306. The molecule has 0 bridgehead atoms. The van der Waals surface area contributed by atoms with Crippen LogP contribution >= 0.6 is 23.2 Å². The number of hydrogen-bond acceptors (Lipinski definition) is 4. The Hall–Kier alpha value is -4.27. The van der Waals surface area contributed by atoms with Crippen molar-refractivity contribution in [2.75, 3.05) is 18.1 Å². The fourth-order valence-corrected chi connectivity index (χ4v) is 7.09. The first kappa shape index (κ1) is 31.7. The van der Waals surface area contributed by atoms with Crippen LogP contribution in [-0.2, 0) is 13.5 Å². The van der Waals surface area contributed by atoms with Gasteiger partial charge in [-0.3, -0.25) is 9.48 Å². The van der Waals surface area contributed by atoms with Gasteiger partial charge in [0.15, 0.2) is 0 Å². The molecule has 238 valence electrons. The van der Waals surface area contributed by atoms with Crippen LogP contribution in [0.3, 0.4) is 0 Å². The highest BCUT2D eigenvalue weighted by molar-refractivity contribution is 6.35. The van der Waals surface area contributed by atoms with Crippen LogP contribution in [0.2, 0.25) is 10.0 Å². The number of fused-ring (bicyclic) bond motifs is 3. The maximum Gasteiger partial charge on any atom is 0.335 e. The van der Waals surface area contributed by atoms with E-state index in [4.69, 9.17) is 27.9 Å². The van der Waals surface area contributed by atoms with Crippen LogP contribution in [0.5, 0.6) is 5.75 Å². The lowest BCUT2D eigenvalue weighted by molar-refractivity contribution is 0.0696. The van der Waals surface area contributed by atoms with Crippen molar-refractivity contribution < 1.29 is 19.4 Å². The average molecular weight is 660 g/mol. The number of carboxylic acid groups (broad SMARTS) is 1. The van der Waals surface area contributed by atoms with Crippen LogP contribution in [0, 0.1) is 27.7 Å². The Balaban J connectivity index is 1.46. The molecule has 3 heterocycles. The third-order valence-corrected chi connectivity index (χ3v) is 9.90. The highest BCUT2D eigenvalue weighted by Crippen LogP contribution is 2.45. The van der Waals surface area contributed by atoms with E-state index in [9.17, 15) is 14.7 Å². The molecule has 0 spiro atoms. The second kappa shape index (κ2) is 12.2. The zero-order valence-corrected chi connectivity index (χ0v) is 28.3. The molecular formula is C36H36Cl2N4O4. The summed E-state index contributed by atoms with van der Waals surface area (Å²) in [6.07, 6.45) is 1.27. The number of hydrogen-bond donors (Lipinski definition) is 1. The molecule has 8 nitrogen and oxygen atoms in total. The first-order chi connectivity index (χ1) is 21.9. The molecule has 0 fully saturated rings. The number of ether oxygens (including phenoxy) is 1. The number of benzene rings is 3. The average Bonchev–Trinajstić information content (AvgIpc) is 3.48. The van der Waals surface area contributed by atoms with Gasteiger partial charge in [-0.05, 0) is 107 Å². The molecule has 2 aromatic heterocycles. The molecule has 3 aromatic carbocycles. The highest BCUT2D eigenvalue weighted by Gasteiger charge is 2.36. The molecular weight excluding hydrogens is 623 g/mol. The van der Waals surface area contributed by atoms with Gasteiger partial charge < -0.3 is 19.3 Å². The molecule has 0 aliphatic carbocycles. The molecule has 1 aliphatic heterocycles. The van der Waals surface area contributed by atoms with Crippen molar-refractivity contribution in [3.05, 3.63) is 97.9 Å². The quantitative estimate of drug-likeness (QED) is 0.169. The topological polar surface area (TPSA) is 89.6 Å². The van der Waals surface area contributed by atoms with Crippen LogP contribution in [0.1, 0.15) is 68.3 Å². The van der Waals surface area contributed by atoms with E-state index in [0.29, 0.717) is 42.4 Å². The van der Waals surface area contributed by atoms with Gasteiger partial charge in [0.25, 0.3) is 5.91 Å². The number of carbonyl (C=O) groups excluding carboxylic acids is 1. The summed E-state index contributed by atoms with van der Waals surface area (Å²) in [7, 11) is 1.92. The molecule has 0 radical (unpaired) electrons. The smallest absolute Gasteiger partial charge is 0.335 e. The lowest BCUT2D eigenvalue weighted by Crippen LogP contribution is -2.42. The maximum atomic E-state index is 14.5. The van der Waals surface area contributed by atoms with Gasteiger partial charge in [0.1, 0.15) is 11.4 Å². The number of carboxylic acids is 1. The van der Waals surface area contributed by atoms with E-state index in [1.165, 1.54) is 12.1 Å². The maximum absolute atomic E-state index is 14.5. The lowest BCUT2D eigenvalue weighted by Gasteiger charge is -2.34. The van der Waals surface area contributed by atoms with E-state index >= 15 is 0 Å². The lowest BCUT2D eigenvalue weighted by atomic mass is 9.98. The van der Waals surface area contributed by atoms with Crippen molar-refractivity contribution >= 4 is 51.7 Å². The second-order valence-corrected chi connectivity index (χ2v) is 12.9. The number of carbonyl (C=O) groups is 2. The molecule has 5 aromatic rings. The standard InChI is InChI=1S/C36H36Cl2N4O4/c1-19-16-26(17-20(2)32(19)38)46-15-7-8-27-28-13-14-29(37)31(30-22(4)39-40(6)23(30)5)33(28)42-21(3)18-41(35(43)34(27)42)25-11-9-24(10-12-25)36(44)45/h9-14,16-17,21H,7-8,15,18H2,1-6H3,(H,44,45)/t21-/m1/s1. The van der Waals surface area contributed by atoms with E-state index in [0.717, 1.165) is 60.9 Å². The Morgan fingerprint density at radius 1 is 1.02 bits per heavy atom. The summed E-state index contributed by atoms with van der Waals surface area (Å²) >= 11 is 13.4. The van der Waals surface area contributed by atoms with Crippen molar-refractivity contribution in [1.82, 2.24) is 14.3 Å². The van der Waals surface area contributed by atoms with E-state index in [1.807, 2.05) is 63.7 Å². The molecule has 46 heavy (non-hydrogen) atoms. The van der Waals surface area contributed by atoms with E-state index in [2.05, 4.69) is 16.6 Å². The minimum absolute atomic E-state index is 0.103. The molecule has 0 unspecified atom stereocenters. The number of anilines is 1. The Bertz CT molecular complexity index is 2000. The molecule has 0 saturated carbocycles.